The molecule has 4 aromatic carbocycles. The number of phenols is 2. The Kier molecular flexibility index (Phi) is 6.76. The quantitative estimate of drug-likeness (QED) is 0.190. The minimum Gasteiger partial charge on any atom is -0.508 e. The molecule has 0 saturated carbocycles. The first-order valence-corrected chi connectivity index (χ1v) is 13.8. The van der Waals surface area contributed by atoms with E-state index in [1.165, 1.54) is 17.5 Å². The maximum absolute atomic E-state index is 9.90. The second kappa shape index (κ2) is 10.5. The smallest absolute Gasteiger partial charge is 0.227 e. The molecule has 202 valence electrons. The third-order valence-corrected chi connectivity index (χ3v) is 7.61. The largest absolute Gasteiger partial charge is 0.508 e. The summed E-state index contributed by atoms with van der Waals surface area (Å²) in [5.41, 5.74) is 8.69. The molecule has 2 N–H and O–H groups in total. The second-order valence-electron chi connectivity index (χ2n) is 10.5. The van der Waals surface area contributed by atoms with Crippen LogP contribution in [-0.2, 0) is 0 Å². The standard InChI is InChI=1S/C34H32N2O4/c1-4-5-6-7-26(22-10-14-31-27(18-22)35-33(39-31)24-8-12-29(37)20(2)16-24)23-11-15-32-28(19-23)36-34(40-32)25-9-13-30(38)21(3)17-25/h8-19,26,37-38H,4-7H2,1-3H3. The third-order valence-electron chi connectivity index (χ3n) is 7.61. The van der Waals surface area contributed by atoms with E-state index >= 15 is 0 Å². The van der Waals surface area contributed by atoms with E-state index in [4.69, 9.17) is 18.8 Å². The fourth-order valence-corrected chi connectivity index (χ4v) is 5.27. The van der Waals surface area contributed by atoms with E-state index < -0.39 is 0 Å². The minimum absolute atomic E-state index is 0.174. The van der Waals surface area contributed by atoms with Crippen LogP contribution in [0.5, 0.6) is 11.5 Å². The summed E-state index contributed by atoms with van der Waals surface area (Å²) in [7, 11) is 0. The zero-order valence-electron chi connectivity index (χ0n) is 22.9. The summed E-state index contributed by atoms with van der Waals surface area (Å²) in [4.78, 5) is 9.59. The van der Waals surface area contributed by atoms with Crippen LogP contribution in [0.15, 0.2) is 81.6 Å². The van der Waals surface area contributed by atoms with Crippen molar-refractivity contribution in [1.29, 1.82) is 0 Å². The van der Waals surface area contributed by atoms with Gasteiger partial charge in [0.25, 0.3) is 0 Å². The highest BCUT2D eigenvalue weighted by Gasteiger charge is 2.19. The lowest BCUT2D eigenvalue weighted by molar-refractivity contribution is 0.470. The molecule has 6 heteroatoms. The number of nitrogens with zero attached hydrogens (tertiary/aromatic N) is 2. The van der Waals surface area contributed by atoms with Crippen molar-refractivity contribution in [2.45, 2.75) is 52.4 Å². The normalized spacial score (nSPS) is 11.7. The van der Waals surface area contributed by atoms with Crippen molar-refractivity contribution in [3.8, 4) is 34.4 Å². The van der Waals surface area contributed by atoms with E-state index in [1.54, 1.807) is 12.1 Å². The second-order valence-corrected chi connectivity index (χ2v) is 10.5. The zero-order chi connectivity index (χ0) is 27.8. The lowest BCUT2D eigenvalue weighted by atomic mass is 9.86. The summed E-state index contributed by atoms with van der Waals surface area (Å²) in [5, 5.41) is 19.8. The first kappa shape index (κ1) is 25.7. The lowest BCUT2D eigenvalue weighted by Gasteiger charge is -2.18. The van der Waals surface area contributed by atoms with Gasteiger partial charge in [-0.05, 0) is 103 Å². The average molecular weight is 533 g/mol. The molecular formula is C34H32N2O4. The number of aromatic hydroxyl groups is 2. The van der Waals surface area contributed by atoms with E-state index in [0.29, 0.717) is 11.8 Å². The topological polar surface area (TPSA) is 92.5 Å². The van der Waals surface area contributed by atoms with Gasteiger partial charge in [-0.2, -0.15) is 0 Å². The zero-order valence-corrected chi connectivity index (χ0v) is 22.9. The summed E-state index contributed by atoms with van der Waals surface area (Å²) in [6.45, 7) is 5.94. The molecule has 0 fully saturated rings. The van der Waals surface area contributed by atoms with Gasteiger partial charge in [0.1, 0.15) is 22.5 Å². The van der Waals surface area contributed by atoms with Crippen molar-refractivity contribution in [2.24, 2.45) is 0 Å². The van der Waals surface area contributed by atoms with Crippen LogP contribution < -0.4 is 0 Å². The Morgan fingerprint density at radius 1 is 0.650 bits per heavy atom. The Morgan fingerprint density at radius 3 is 1.60 bits per heavy atom. The van der Waals surface area contributed by atoms with Crippen molar-refractivity contribution in [2.75, 3.05) is 0 Å². The van der Waals surface area contributed by atoms with Gasteiger partial charge in [-0.3, -0.25) is 0 Å². The molecule has 0 aliphatic rings. The third kappa shape index (κ3) is 4.93. The van der Waals surface area contributed by atoms with Gasteiger partial charge in [-0.15, -0.1) is 0 Å². The van der Waals surface area contributed by atoms with Crippen LogP contribution in [0.25, 0.3) is 45.1 Å². The highest BCUT2D eigenvalue weighted by molar-refractivity contribution is 5.79. The molecule has 0 unspecified atom stereocenters. The van der Waals surface area contributed by atoms with Gasteiger partial charge in [0.2, 0.25) is 11.8 Å². The fourth-order valence-electron chi connectivity index (χ4n) is 5.27. The predicted octanol–water partition coefficient (Wildman–Crippen LogP) is 9.04. The average Bonchev–Trinajstić information content (AvgIpc) is 3.58. The van der Waals surface area contributed by atoms with Gasteiger partial charge in [0.05, 0.1) is 0 Å². The highest BCUT2D eigenvalue weighted by atomic mass is 16.4. The van der Waals surface area contributed by atoms with Crippen LogP contribution in [0, 0.1) is 13.8 Å². The Bertz CT molecular complexity index is 1700. The van der Waals surface area contributed by atoms with Gasteiger partial charge < -0.3 is 19.0 Å². The monoisotopic (exact) mass is 532 g/mol. The lowest BCUT2D eigenvalue weighted by Crippen LogP contribution is -2.02. The van der Waals surface area contributed by atoms with E-state index in [2.05, 4.69) is 31.2 Å². The molecule has 0 aliphatic carbocycles. The summed E-state index contributed by atoms with van der Waals surface area (Å²) in [6.07, 6.45) is 4.45. The maximum Gasteiger partial charge on any atom is 0.227 e. The van der Waals surface area contributed by atoms with Crippen LogP contribution in [0.1, 0.15) is 60.8 Å². The number of aromatic nitrogens is 2. The van der Waals surface area contributed by atoms with Crippen LogP contribution in [0.2, 0.25) is 0 Å². The van der Waals surface area contributed by atoms with Gasteiger partial charge in [-0.1, -0.05) is 38.3 Å². The van der Waals surface area contributed by atoms with Gasteiger partial charge >= 0.3 is 0 Å². The molecule has 40 heavy (non-hydrogen) atoms. The molecule has 6 nitrogen and oxygen atoms in total. The first-order valence-electron chi connectivity index (χ1n) is 13.8. The van der Waals surface area contributed by atoms with E-state index in [0.717, 1.165) is 63.7 Å². The van der Waals surface area contributed by atoms with Crippen LogP contribution in [0.3, 0.4) is 0 Å². The minimum atomic E-state index is 0.174. The molecule has 0 amide bonds. The molecule has 0 radical (unpaired) electrons. The summed E-state index contributed by atoms with van der Waals surface area (Å²) in [5.74, 6) is 1.77. The number of unbranched alkanes of at least 4 members (excludes halogenated alkanes) is 2. The molecule has 6 aromatic rings. The van der Waals surface area contributed by atoms with Crippen LogP contribution in [-0.4, -0.2) is 20.2 Å². The van der Waals surface area contributed by atoms with E-state index in [1.807, 2.05) is 50.2 Å². The number of oxazole rings is 2. The Hall–Kier alpha value is -4.58. The summed E-state index contributed by atoms with van der Waals surface area (Å²) < 4.78 is 12.2. The van der Waals surface area contributed by atoms with E-state index in [-0.39, 0.29) is 17.4 Å². The SMILES string of the molecule is CCCCCC(c1ccc2oc(-c3ccc(O)c(C)c3)nc2c1)c1ccc2oc(-c3ccc(O)c(C)c3)nc2c1. The molecule has 0 bridgehead atoms. The van der Waals surface area contributed by atoms with Crippen LogP contribution >= 0.6 is 0 Å². The van der Waals surface area contributed by atoms with Crippen molar-refractivity contribution in [3.05, 3.63) is 95.1 Å². The number of aryl methyl sites for hydroxylation is 2. The number of hydrogen-bond acceptors (Lipinski definition) is 6. The molecule has 2 aromatic heterocycles. The molecule has 0 saturated heterocycles. The van der Waals surface area contributed by atoms with Crippen LogP contribution in [0.4, 0.5) is 0 Å². The predicted molar refractivity (Wildman–Crippen MR) is 158 cm³/mol. The number of hydrogen-bond donors (Lipinski definition) is 2. The molecule has 0 aliphatic heterocycles. The van der Waals surface area contributed by atoms with Crippen molar-refractivity contribution >= 4 is 22.2 Å². The van der Waals surface area contributed by atoms with Gasteiger partial charge in [-0.25, -0.2) is 9.97 Å². The summed E-state index contributed by atoms with van der Waals surface area (Å²) in [6, 6.07) is 23.3. The first-order chi connectivity index (χ1) is 19.4. The molecular weight excluding hydrogens is 500 g/mol. The maximum atomic E-state index is 9.90. The molecule has 0 atom stereocenters. The molecule has 2 heterocycles. The molecule has 6 rings (SSSR count). The van der Waals surface area contributed by atoms with E-state index in [9.17, 15) is 10.2 Å². The Balaban J connectivity index is 1.36. The van der Waals surface area contributed by atoms with Crippen molar-refractivity contribution in [1.82, 2.24) is 9.97 Å². The highest BCUT2D eigenvalue weighted by Crippen LogP contribution is 2.36. The Morgan fingerprint density at radius 2 is 1.15 bits per heavy atom. The summed E-state index contributed by atoms with van der Waals surface area (Å²) >= 11 is 0. The number of benzene rings is 4. The number of fused-ring (bicyclic) bond motifs is 2. The molecule has 0 spiro atoms. The van der Waals surface area contributed by atoms with Gasteiger partial charge in [0.15, 0.2) is 11.2 Å². The number of phenolic OH excluding ortho intramolecular Hbond substituents is 2. The number of rotatable bonds is 8. The Labute approximate surface area is 233 Å². The van der Waals surface area contributed by atoms with Gasteiger partial charge in [0, 0.05) is 17.0 Å². The van der Waals surface area contributed by atoms with Crippen molar-refractivity contribution < 1.29 is 19.0 Å². The van der Waals surface area contributed by atoms with Crippen molar-refractivity contribution in [3.63, 3.8) is 0 Å². The fraction of sp³-hybridized carbons (Fsp3) is 0.235.